The number of alkyl carbamates (subject to hydrolysis) is 1. The van der Waals surface area contributed by atoms with Crippen LogP contribution in [0.3, 0.4) is 0 Å². The molecule has 3 heterocycles. The van der Waals surface area contributed by atoms with Crippen LogP contribution >= 0.6 is 0 Å². The van der Waals surface area contributed by atoms with Crippen molar-refractivity contribution >= 4 is 44.6 Å². The first-order chi connectivity index (χ1) is 27.3. The fourth-order valence-corrected chi connectivity index (χ4v) is 9.23. The minimum absolute atomic E-state index is 0.0336. The highest BCUT2D eigenvalue weighted by atomic mass is 32.2. The van der Waals surface area contributed by atoms with Crippen LogP contribution in [0.1, 0.15) is 92.9 Å². The number of aromatic nitrogens is 1. The molecule has 58 heavy (non-hydrogen) atoms. The molecule has 4 amide bonds. The van der Waals surface area contributed by atoms with E-state index in [0.29, 0.717) is 56.3 Å². The van der Waals surface area contributed by atoms with E-state index in [4.69, 9.17) is 14.2 Å². The van der Waals surface area contributed by atoms with Crippen LogP contribution in [0, 0.1) is 17.8 Å². The van der Waals surface area contributed by atoms with E-state index in [2.05, 4.69) is 20.3 Å². The number of nitrogens with zero attached hydrogens (tertiary/aromatic N) is 2. The van der Waals surface area contributed by atoms with Gasteiger partial charge in [-0.3, -0.25) is 19.1 Å². The number of fused-ring (bicyclic) bond motifs is 3. The van der Waals surface area contributed by atoms with Gasteiger partial charge in [0.05, 0.1) is 24.1 Å². The zero-order valence-corrected chi connectivity index (χ0v) is 34.7. The van der Waals surface area contributed by atoms with Crippen LogP contribution in [0.25, 0.3) is 10.8 Å². The molecule has 17 heteroatoms. The Morgan fingerprint density at radius 3 is 2.48 bits per heavy atom. The number of rotatable bonds is 11. The third-order valence-electron chi connectivity index (χ3n) is 12.1. The second-order valence-corrected chi connectivity index (χ2v) is 19.2. The van der Waals surface area contributed by atoms with Gasteiger partial charge in [-0.05, 0) is 84.1 Å². The molecule has 1 saturated heterocycles. The summed E-state index contributed by atoms with van der Waals surface area (Å²) >= 11 is 0. The molecule has 0 spiro atoms. The molecule has 2 aliphatic heterocycles. The van der Waals surface area contributed by atoms with Gasteiger partial charge >= 0.3 is 6.09 Å². The van der Waals surface area contributed by atoms with Crippen molar-refractivity contribution < 1.29 is 50.6 Å². The van der Waals surface area contributed by atoms with E-state index in [9.17, 15) is 36.4 Å². The number of carbonyl (C=O) groups is 4. The lowest BCUT2D eigenvalue weighted by Crippen LogP contribution is -2.59. The van der Waals surface area contributed by atoms with Crippen LogP contribution in [0.15, 0.2) is 42.6 Å². The van der Waals surface area contributed by atoms with Crippen LogP contribution in [0.2, 0.25) is 0 Å². The van der Waals surface area contributed by atoms with Crippen molar-refractivity contribution in [3.63, 3.8) is 0 Å². The first kappa shape index (κ1) is 43.0. The lowest BCUT2D eigenvalue weighted by atomic mass is 9.85. The van der Waals surface area contributed by atoms with E-state index < -0.39 is 86.2 Å². The summed E-state index contributed by atoms with van der Waals surface area (Å²) in [6, 6.07) is 4.78. The quantitative estimate of drug-likeness (QED) is 0.248. The summed E-state index contributed by atoms with van der Waals surface area (Å²) in [4.78, 5) is 62.5. The van der Waals surface area contributed by atoms with Crippen molar-refractivity contribution in [2.24, 2.45) is 17.8 Å². The Kier molecular flexibility index (Phi) is 12.3. The first-order valence-electron chi connectivity index (χ1n) is 20.2. The van der Waals surface area contributed by atoms with Crippen molar-refractivity contribution in [3.05, 3.63) is 42.6 Å². The Labute approximate surface area is 338 Å². The molecule has 1 aromatic heterocycles. The molecule has 2 aromatic rings. The van der Waals surface area contributed by atoms with Crippen LogP contribution in [0.4, 0.5) is 13.6 Å². The number of hydrogen-bond acceptors (Lipinski definition) is 10. The average Bonchev–Trinajstić information content (AvgIpc) is 4.05. The Hall–Kier alpha value is -4.54. The molecule has 0 bridgehead atoms. The maximum Gasteiger partial charge on any atom is 0.408 e. The summed E-state index contributed by atoms with van der Waals surface area (Å²) in [7, 11) is -4.05. The van der Waals surface area contributed by atoms with Gasteiger partial charge in [-0.25, -0.2) is 27.0 Å². The van der Waals surface area contributed by atoms with Gasteiger partial charge in [-0.1, -0.05) is 50.6 Å². The van der Waals surface area contributed by atoms with Crippen molar-refractivity contribution in [2.45, 2.75) is 133 Å². The van der Waals surface area contributed by atoms with Crippen LogP contribution in [-0.4, -0.2) is 95.8 Å². The van der Waals surface area contributed by atoms with E-state index >= 15 is 0 Å². The summed E-state index contributed by atoms with van der Waals surface area (Å²) in [6.07, 6.45) is 3.27. The van der Waals surface area contributed by atoms with Gasteiger partial charge < -0.3 is 29.7 Å². The second-order valence-electron chi connectivity index (χ2n) is 17.0. The summed E-state index contributed by atoms with van der Waals surface area (Å²) in [5.74, 6) is -2.43. The van der Waals surface area contributed by atoms with E-state index in [1.807, 2.05) is 57.2 Å². The highest BCUT2D eigenvalue weighted by molar-refractivity contribution is 7.91. The molecule has 1 aromatic carbocycles. The molecule has 0 unspecified atom stereocenters. The molecule has 0 radical (unpaired) electrons. The van der Waals surface area contributed by atoms with Gasteiger partial charge in [-0.2, -0.15) is 0 Å². The number of sulfonamides is 1. The first-order valence-corrected chi connectivity index (χ1v) is 21.6. The number of allylic oxidation sites excluding steroid dienone is 1. The Bertz CT molecular complexity index is 2040. The number of amides is 4. The number of alkyl halides is 2. The molecule has 14 nitrogen and oxygen atoms in total. The third-order valence-corrected chi connectivity index (χ3v) is 14.2. The van der Waals surface area contributed by atoms with Crippen molar-refractivity contribution in [3.8, 4) is 11.6 Å². The number of hydrogen-bond donors (Lipinski definition) is 3. The van der Waals surface area contributed by atoms with E-state index in [1.54, 1.807) is 6.92 Å². The van der Waals surface area contributed by atoms with Crippen molar-refractivity contribution in [1.82, 2.24) is 25.2 Å². The molecule has 2 aliphatic carbocycles. The fourth-order valence-electron chi connectivity index (χ4n) is 7.92. The molecule has 4 aliphatic rings. The van der Waals surface area contributed by atoms with Gasteiger partial charge in [0.25, 0.3) is 12.3 Å². The zero-order chi connectivity index (χ0) is 42.2. The highest BCUT2D eigenvalue weighted by Crippen LogP contribution is 2.48. The number of ether oxygens (including phenoxy) is 3. The Morgan fingerprint density at radius 1 is 1.12 bits per heavy atom. The monoisotopic (exact) mass is 831 g/mol. The molecular formula is C41H55F2N5O9S. The maximum atomic E-state index is 14.9. The van der Waals surface area contributed by atoms with Crippen molar-refractivity contribution in [1.29, 1.82) is 0 Å². The summed E-state index contributed by atoms with van der Waals surface area (Å²) < 4.78 is 72.5. The molecule has 3 N–H and O–H groups in total. The van der Waals surface area contributed by atoms with Crippen LogP contribution in [-0.2, 0) is 29.1 Å². The lowest BCUT2D eigenvalue weighted by molar-refractivity contribution is -0.142. The molecule has 6 rings (SSSR count). The fraction of sp³-hybridized carbons (Fsp3) is 0.634. The van der Waals surface area contributed by atoms with Gasteiger partial charge in [-0.15, -0.1) is 0 Å². The minimum atomic E-state index is -4.05. The van der Waals surface area contributed by atoms with Gasteiger partial charge in [0.1, 0.15) is 29.5 Å². The number of carbonyl (C=O) groups excluding carboxylic acids is 4. The van der Waals surface area contributed by atoms with Gasteiger partial charge in [0.2, 0.25) is 27.7 Å². The molecule has 2 saturated carbocycles. The average molecular weight is 832 g/mol. The summed E-state index contributed by atoms with van der Waals surface area (Å²) in [5, 5.41) is 6.80. The molecule has 7 atom stereocenters. The molecule has 3 fully saturated rings. The van der Waals surface area contributed by atoms with E-state index in [-0.39, 0.29) is 31.2 Å². The smallest absolute Gasteiger partial charge is 0.408 e. The highest BCUT2D eigenvalue weighted by Gasteiger charge is 2.63. The number of nitrogens with one attached hydrogen (secondary N) is 3. The molecule has 318 valence electrons. The van der Waals surface area contributed by atoms with Gasteiger partial charge in [0, 0.05) is 23.1 Å². The van der Waals surface area contributed by atoms with Crippen LogP contribution in [0.5, 0.6) is 11.6 Å². The summed E-state index contributed by atoms with van der Waals surface area (Å²) in [5.41, 5.74) is -3.76. The predicted molar refractivity (Wildman–Crippen MR) is 211 cm³/mol. The SMILES string of the molecule is CCOc1cnc(O[C@@H]2C[C@H]3C(=O)N[C@]4(C(=O)NS(=O)(=O)C5(C)CC5)C[C@H]4C=CCC[C@@H](C)C[C@@H](CC)[C@H](NC(=O)OC(C)(C)C(F)F)C(=O)N3C2)c2ccccc12. The standard InChI is InChI=1S/C41H55F2N5O9S/c1-7-25-19-24(3)13-9-10-14-26-21-41(26,37(51)47-58(53,54)40(6)17-18-40)46-33(49)30-20-27(56-34-29-16-12-11-15-28(29)31(22-44-34)55-8-2)23-48(30)35(50)32(25)45-38(52)57-39(4,5)36(42)43/h10-12,14-16,22,24-27,30,32,36H,7-9,13,17-21,23H2,1-6H3,(H,45,52)(H,46,49)(H,47,51)/t24-,25-,26-,27-,30+,32+,41-/m1/s1. The normalized spacial score (nSPS) is 28.7. The Morgan fingerprint density at radius 2 is 1.83 bits per heavy atom. The van der Waals surface area contributed by atoms with E-state index in [0.717, 1.165) is 19.2 Å². The van der Waals surface area contributed by atoms with Crippen molar-refractivity contribution in [2.75, 3.05) is 13.2 Å². The number of halogens is 2. The Balaban J connectivity index is 1.37. The van der Waals surface area contributed by atoms with E-state index in [1.165, 1.54) is 11.1 Å². The predicted octanol–water partition coefficient (Wildman–Crippen LogP) is 5.40. The minimum Gasteiger partial charge on any atom is -0.492 e. The second kappa shape index (κ2) is 16.6. The summed E-state index contributed by atoms with van der Waals surface area (Å²) in [6.45, 7) is 9.68. The maximum absolute atomic E-state index is 14.9. The van der Waals surface area contributed by atoms with Gasteiger partial charge in [0.15, 0.2) is 5.60 Å². The molecular weight excluding hydrogens is 777 g/mol. The number of benzene rings is 1. The lowest BCUT2D eigenvalue weighted by Gasteiger charge is -2.34. The van der Waals surface area contributed by atoms with Crippen LogP contribution < -0.4 is 24.8 Å². The topological polar surface area (TPSA) is 182 Å². The zero-order valence-electron chi connectivity index (χ0n) is 33.9. The largest absolute Gasteiger partial charge is 0.492 e. The third kappa shape index (κ3) is 8.88. The number of pyridine rings is 1.